The molecule has 8 nitrogen and oxygen atoms in total. The average Bonchev–Trinajstić information content (AvgIpc) is 3.00. The van der Waals surface area contributed by atoms with Crippen LogP contribution in [-0.4, -0.2) is 45.5 Å². The molecule has 2 heterocycles. The van der Waals surface area contributed by atoms with Crippen LogP contribution in [0.5, 0.6) is 0 Å². The van der Waals surface area contributed by atoms with Crippen LogP contribution in [0.15, 0.2) is 23.3 Å². The van der Waals surface area contributed by atoms with Gasteiger partial charge in [0.1, 0.15) is 17.7 Å². The topological polar surface area (TPSA) is 91.0 Å². The van der Waals surface area contributed by atoms with E-state index in [-0.39, 0.29) is 17.0 Å². The first-order chi connectivity index (χ1) is 11.6. The van der Waals surface area contributed by atoms with Gasteiger partial charge < -0.3 is 19.2 Å². The molecule has 2 rings (SSSR count). The van der Waals surface area contributed by atoms with E-state index in [1.807, 2.05) is 18.4 Å². The molecule has 0 spiro atoms. The van der Waals surface area contributed by atoms with Crippen molar-refractivity contribution in [2.75, 3.05) is 20.3 Å². The molecular weight excluding hydrogens is 310 g/mol. The van der Waals surface area contributed by atoms with Crippen LogP contribution in [0.25, 0.3) is 0 Å². The standard InChI is InChI=1S/C16H23N5O3/c1-4-21-12(2)5-6-13(16(21)23)15(22)17-8-7-14-19-18-11-20(14)9-10-24-3/h5-6,11H,4,7-10H2,1-3H3,(H,17,22). The van der Waals surface area contributed by atoms with Crippen LogP contribution < -0.4 is 10.9 Å². The molecule has 24 heavy (non-hydrogen) atoms. The molecule has 0 fully saturated rings. The van der Waals surface area contributed by atoms with Crippen LogP contribution in [0.1, 0.15) is 28.8 Å². The Morgan fingerprint density at radius 3 is 2.88 bits per heavy atom. The van der Waals surface area contributed by atoms with E-state index >= 15 is 0 Å². The summed E-state index contributed by atoms with van der Waals surface area (Å²) in [4.78, 5) is 24.5. The Bertz CT molecular complexity index is 750. The summed E-state index contributed by atoms with van der Waals surface area (Å²) in [5.41, 5.74) is 0.729. The highest BCUT2D eigenvalue weighted by Gasteiger charge is 2.13. The molecule has 0 aliphatic carbocycles. The van der Waals surface area contributed by atoms with Gasteiger partial charge in [-0.15, -0.1) is 10.2 Å². The zero-order valence-corrected chi connectivity index (χ0v) is 14.3. The normalized spacial score (nSPS) is 10.8. The molecule has 1 amide bonds. The summed E-state index contributed by atoms with van der Waals surface area (Å²) in [5.74, 6) is 0.396. The number of pyridine rings is 1. The monoisotopic (exact) mass is 333 g/mol. The van der Waals surface area contributed by atoms with Crippen LogP contribution in [0.2, 0.25) is 0 Å². The van der Waals surface area contributed by atoms with Crippen LogP contribution in [0, 0.1) is 6.92 Å². The van der Waals surface area contributed by atoms with Crippen LogP contribution in [0.3, 0.4) is 0 Å². The third-order valence-corrected chi connectivity index (χ3v) is 3.82. The SMILES string of the molecule is CCn1c(C)ccc(C(=O)NCCc2nncn2CCOC)c1=O. The lowest BCUT2D eigenvalue weighted by molar-refractivity contribution is 0.0951. The molecule has 2 aromatic heterocycles. The molecule has 0 aliphatic rings. The first kappa shape index (κ1) is 17.9. The van der Waals surface area contributed by atoms with Gasteiger partial charge in [-0.2, -0.15) is 0 Å². The molecule has 2 aromatic rings. The first-order valence-corrected chi connectivity index (χ1v) is 7.92. The zero-order chi connectivity index (χ0) is 17.5. The Labute approximate surface area is 140 Å². The number of aromatic nitrogens is 4. The van der Waals surface area contributed by atoms with Crippen molar-refractivity contribution in [2.45, 2.75) is 33.4 Å². The number of nitrogens with one attached hydrogen (secondary N) is 1. The summed E-state index contributed by atoms with van der Waals surface area (Å²) in [6, 6.07) is 3.35. The van der Waals surface area contributed by atoms with Crippen LogP contribution in [-0.2, 0) is 24.2 Å². The molecule has 0 atom stereocenters. The van der Waals surface area contributed by atoms with Crippen molar-refractivity contribution < 1.29 is 9.53 Å². The predicted molar refractivity (Wildman–Crippen MR) is 89.0 cm³/mol. The third kappa shape index (κ3) is 4.08. The molecule has 0 saturated heterocycles. The molecule has 130 valence electrons. The number of carbonyl (C=O) groups is 1. The summed E-state index contributed by atoms with van der Waals surface area (Å²) in [7, 11) is 1.63. The van der Waals surface area contributed by atoms with E-state index in [0.29, 0.717) is 32.7 Å². The number of rotatable bonds is 8. The van der Waals surface area contributed by atoms with E-state index in [2.05, 4.69) is 15.5 Å². The molecule has 1 N–H and O–H groups in total. The summed E-state index contributed by atoms with van der Waals surface area (Å²) < 4.78 is 8.49. The Kier molecular flexibility index (Phi) is 6.25. The van der Waals surface area contributed by atoms with Crippen molar-refractivity contribution in [3.63, 3.8) is 0 Å². The number of aryl methyl sites for hydroxylation is 1. The molecular formula is C16H23N5O3. The number of carbonyl (C=O) groups excluding carboxylic acids is 1. The highest BCUT2D eigenvalue weighted by Crippen LogP contribution is 2.00. The number of hydrogen-bond donors (Lipinski definition) is 1. The van der Waals surface area contributed by atoms with Crippen LogP contribution in [0.4, 0.5) is 0 Å². The van der Waals surface area contributed by atoms with Crippen molar-refractivity contribution in [1.82, 2.24) is 24.6 Å². The lowest BCUT2D eigenvalue weighted by Crippen LogP contribution is -2.34. The number of nitrogens with zero attached hydrogens (tertiary/aromatic N) is 4. The van der Waals surface area contributed by atoms with E-state index in [4.69, 9.17) is 4.74 Å². The predicted octanol–water partition coefficient (Wildman–Crippen LogP) is 0.387. The molecule has 0 aliphatic heterocycles. The number of ether oxygens (including phenoxy) is 1. The fourth-order valence-corrected chi connectivity index (χ4v) is 2.47. The smallest absolute Gasteiger partial charge is 0.263 e. The fraction of sp³-hybridized carbons (Fsp3) is 0.500. The van der Waals surface area contributed by atoms with Crippen LogP contribution >= 0.6 is 0 Å². The molecule has 0 saturated carbocycles. The fourth-order valence-electron chi connectivity index (χ4n) is 2.47. The lowest BCUT2D eigenvalue weighted by Gasteiger charge is -2.10. The maximum atomic E-state index is 12.3. The zero-order valence-electron chi connectivity index (χ0n) is 14.3. The van der Waals surface area contributed by atoms with Crippen molar-refractivity contribution in [1.29, 1.82) is 0 Å². The quantitative estimate of drug-likeness (QED) is 0.754. The summed E-state index contributed by atoms with van der Waals surface area (Å²) in [6.07, 6.45) is 2.17. The van der Waals surface area contributed by atoms with Gasteiger partial charge in [0.15, 0.2) is 0 Å². The number of amides is 1. The molecule has 8 heteroatoms. The summed E-state index contributed by atoms with van der Waals surface area (Å²) >= 11 is 0. The highest BCUT2D eigenvalue weighted by atomic mass is 16.5. The van der Waals surface area contributed by atoms with Gasteiger partial charge in [0.2, 0.25) is 0 Å². The largest absolute Gasteiger partial charge is 0.383 e. The van der Waals surface area contributed by atoms with E-state index in [0.717, 1.165) is 11.5 Å². The van der Waals surface area contributed by atoms with E-state index < -0.39 is 0 Å². The second kappa shape index (κ2) is 8.39. The Morgan fingerprint density at radius 1 is 1.38 bits per heavy atom. The maximum absolute atomic E-state index is 12.3. The average molecular weight is 333 g/mol. The van der Waals surface area contributed by atoms with Gasteiger partial charge in [0.05, 0.1) is 6.61 Å². The van der Waals surface area contributed by atoms with Crippen molar-refractivity contribution in [3.05, 3.63) is 45.9 Å². The van der Waals surface area contributed by atoms with E-state index in [9.17, 15) is 9.59 Å². The summed E-state index contributed by atoms with van der Waals surface area (Å²) in [6.45, 7) is 5.87. The Morgan fingerprint density at radius 2 is 2.17 bits per heavy atom. The van der Waals surface area contributed by atoms with Gasteiger partial charge in [-0.1, -0.05) is 0 Å². The van der Waals surface area contributed by atoms with Crippen molar-refractivity contribution >= 4 is 5.91 Å². The minimum absolute atomic E-state index is 0.156. The Hall–Kier alpha value is -2.48. The van der Waals surface area contributed by atoms with Gasteiger partial charge in [0, 0.05) is 38.9 Å². The maximum Gasteiger partial charge on any atom is 0.263 e. The number of methoxy groups -OCH3 is 1. The molecule has 0 unspecified atom stereocenters. The van der Waals surface area contributed by atoms with Gasteiger partial charge in [-0.25, -0.2) is 0 Å². The van der Waals surface area contributed by atoms with E-state index in [1.54, 1.807) is 30.1 Å². The van der Waals surface area contributed by atoms with Gasteiger partial charge in [-0.05, 0) is 26.0 Å². The second-order valence-electron chi connectivity index (χ2n) is 5.38. The molecule has 0 bridgehead atoms. The first-order valence-electron chi connectivity index (χ1n) is 7.92. The van der Waals surface area contributed by atoms with E-state index in [1.165, 1.54) is 0 Å². The highest BCUT2D eigenvalue weighted by molar-refractivity contribution is 5.93. The van der Waals surface area contributed by atoms with Crippen molar-refractivity contribution in [3.8, 4) is 0 Å². The minimum Gasteiger partial charge on any atom is -0.383 e. The minimum atomic E-state index is -0.370. The lowest BCUT2D eigenvalue weighted by atomic mass is 10.2. The van der Waals surface area contributed by atoms with Crippen molar-refractivity contribution in [2.24, 2.45) is 0 Å². The van der Waals surface area contributed by atoms with Gasteiger partial charge in [-0.3, -0.25) is 9.59 Å². The summed E-state index contributed by atoms with van der Waals surface area (Å²) in [5, 5.41) is 10.7. The van der Waals surface area contributed by atoms with Gasteiger partial charge >= 0.3 is 0 Å². The molecule has 0 aromatic carbocycles. The number of hydrogen-bond acceptors (Lipinski definition) is 5. The molecule has 0 radical (unpaired) electrons. The Balaban J connectivity index is 1.97. The third-order valence-electron chi connectivity index (χ3n) is 3.82. The van der Waals surface area contributed by atoms with Gasteiger partial charge in [0.25, 0.3) is 11.5 Å². The second-order valence-corrected chi connectivity index (χ2v) is 5.38.